The first-order valence-electron chi connectivity index (χ1n) is 13.6. The molecule has 0 radical (unpaired) electrons. The van der Waals surface area contributed by atoms with Gasteiger partial charge in [0.15, 0.2) is 12.1 Å². The van der Waals surface area contributed by atoms with Crippen LogP contribution in [0.1, 0.15) is 64.7 Å². The van der Waals surface area contributed by atoms with Gasteiger partial charge in [-0.05, 0) is 32.1 Å². The zero-order valence-electron chi connectivity index (χ0n) is 22.4. The van der Waals surface area contributed by atoms with E-state index < -0.39 is 0 Å². The number of nitrogens with one attached hydrogen (secondary N) is 3. The Hall–Kier alpha value is -1.63. The first-order valence-corrected chi connectivity index (χ1v) is 13.6. The van der Waals surface area contributed by atoms with Crippen molar-refractivity contribution in [1.82, 2.24) is 20.9 Å². The van der Waals surface area contributed by atoms with Crippen molar-refractivity contribution in [2.24, 2.45) is 0 Å². The number of quaternary nitrogens is 4. The van der Waals surface area contributed by atoms with E-state index >= 15 is 0 Å². The minimum Gasteiger partial charge on any atom is -0.358 e. The summed E-state index contributed by atoms with van der Waals surface area (Å²) < 4.78 is 0. The standard InChI is InChI=1S/C24H52N8O3/c1-2-3-8-20(33)19-29-13-16-32(17-14-30-23(34)21(27)9-4-6-11-25)18-15-31-24(35)22(28)10-5-7-12-26/h21-22,29H,2-19,25-28H2,1H3,(H,30,34)(H,31,35)/p+4. The summed E-state index contributed by atoms with van der Waals surface area (Å²) in [6.45, 7) is 7.98. The van der Waals surface area contributed by atoms with E-state index in [9.17, 15) is 14.4 Å². The minimum absolute atomic E-state index is 0.0239. The molecule has 0 aromatic heterocycles. The monoisotopic (exact) mass is 504 g/mol. The summed E-state index contributed by atoms with van der Waals surface area (Å²) >= 11 is 0. The molecule has 0 aromatic carbocycles. The Balaban J connectivity index is 4.48. The highest BCUT2D eigenvalue weighted by Crippen LogP contribution is 1.98. The third kappa shape index (κ3) is 19.3. The van der Waals surface area contributed by atoms with Crippen molar-refractivity contribution in [3.8, 4) is 0 Å². The molecular formula is C24H56N8O3+4. The van der Waals surface area contributed by atoms with Crippen LogP contribution in [0.4, 0.5) is 0 Å². The molecule has 0 aromatic rings. The van der Waals surface area contributed by atoms with Crippen molar-refractivity contribution in [3.63, 3.8) is 0 Å². The predicted molar refractivity (Wildman–Crippen MR) is 136 cm³/mol. The summed E-state index contributed by atoms with van der Waals surface area (Å²) in [7, 11) is 0. The van der Waals surface area contributed by atoms with E-state index in [1.54, 1.807) is 0 Å². The summed E-state index contributed by atoms with van der Waals surface area (Å²) in [5.74, 6) is 0.187. The second-order valence-corrected chi connectivity index (χ2v) is 9.34. The maximum atomic E-state index is 12.3. The van der Waals surface area contributed by atoms with E-state index in [1.807, 2.05) is 0 Å². The van der Waals surface area contributed by atoms with E-state index in [0.717, 1.165) is 71.0 Å². The Morgan fingerprint density at radius 3 is 1.69 bits per heavy atom. The zero-order chi connectivity index (χ0) is 26.3. The molecule has 0 rings (SSSR count). The van der Waals surface area contributed by atoms with Crippen molar-refractivity contribution in [2.45, 2.75) is 76.8 Å². The van der Waals surface area contributed by atoms with E-state index in [1.165, 1.54) is 0 Å². The SMILES string of the molecule is CCCCC(=O)CNCCN(CCNC(=O)C([NH3+])CCCC[NH3+])CCNC(=O)C([NH3+])CCCC[NH3+]. The van der Waals surface area contributed by atoms with Crippen LogP contribution in [0.3, 0.4) is 0 Å². The van der Waals surface area contributed by atoms with Crippen molar-refractivity contribution < 1.29 is 37.3 Å². The molecule has 2 amide bonds. The van der Waals surface area contributed by atoms with Crippen molar-refractivity contribution in [1.29, 1.82) is 0 Å². The molecular weight excluding hydrogens is 448 g/mol. The number of unbranched alkanes of at least 4 members (excludes halogenated alkanes) is 3. The molecule has 15 N–H and O–H groups in total. The number of nitrogens with zero attached hydrogens (tertiary/aromatic N) is 1. The van der Waals surface area contributed by atoms with Crippen molar-refractivity contribution in [2.75, 3.05) is 58.9 Å². The van der Waals surface area contributed by atoms with E-state index in [2.05, 4.69) is 50.7 Å². The molecule has 0 saturated carbocycles. The highest BCUT2D eigenvalue weighted by Gasteiger charge is 2.18. The molecule has 0 spiro atoms. The van der Waals surface area contributed by atoms with Gasteiger partial charge in [-0.25, -0.2) is 0 Å². The smallest absolute Gasteiger partial charge is 0.278 e. The number of Topliss-reactive ketones (excluding diaryl/α,β-unsaturated/α-hetero) is 1. The van der Waals surface area contributed by atoms with Crippen LogP contribution < -0.4 is 38.9 Å². The lowest BCUT2D eigenvalue weighted by Gasteiger charge is -2.23. The molecule has 0 saturated heterocycles. The van der Waals surface area contributed by atoms with Crippen LogP contribution >= 0.6 is 0 Å². The average Bonchev–Trinajstić information content (AvgIpc) is 2.84. The van der Waals surface area contributed by atoms with Gasteiger partial charge in [0.25, 0.3) is 11.8 Å². The Kier molecular flexibility index (Phi) is 21.7. The lowest BCUT2D eigenvalue weighted by Crippen LogP contribution is -2.68. The topological polar surface area (TPSA) is 201 Å². The summed E-state index contributed by atoms with van der Waals surface area (Å²) in [4.78, 5) is 38.7. The largest absolute Gasteiger partial charge is 0.358 e. The number of hydrogen-bond acceptors (Lipinski definition) is 5. The lowest BCUT2D eigenvalue weighted by molar-refractivity contribution is -0.406. The third-order valence-corrected chi connectivity index (χ3v) is 6.04. The number of hydrogen-bond donors (Lipinski definition) is 7. The normalized spacial score (nSPS) is 13.0. The molecule has 0 aliphatic heterocycles. The average molecular weight is 505 g/mol. The molecule has 0 aliphatic carbocycles. The van der Waals surface area contributed by atoms with Crippen LogP contribution in [0.25, 0.3) is 0 Å². The van der Waals surface area contributed by atoms with Gasteiger partial charge in [0, 0.05) is 58.5 Å². The molecule has 35 heavy (non-hydrogen) atoms. The van der Waals surface area contributed by atoms with Gasteiger partial charge in [-0.1, -0.05) is 13.3 Å². The lowest BCUT2D eigenvalue weighted by atomic mass is 10.1. The van der Waals surface area contributed by atoms with E-state index in [4.69, 9.17) is 0 Å². The van der Waals surface area contributed by atoms with Crippen LogP contribution in [0.2, 0.25) is 0 Å². The minimum atomic E-state index is -0.248. The van der Waals surface area contributed by atoms with Crippen LogP contribution in [0.5, 0.6) is 0 Å². The van der Waals surface area contributed by atoms with Crippen molar-refractivity contribution >= 4 is 17.6 Å². The number of amides is 2. The Morgan fingerprint density at radius 1 is 0.743 bits per heavy atom. The summed E-state index contributed by atoms with van der Waals surface area (Å²) in [6, 6.07) is -0.495. The van der Waals surface area contributed by atoms with Gasteiger partial charge in [0.1, 0.15) is 5.78 Å². The fourth-order valence-electron chi connectivity index (χ4n) is 3.62. The van der Waals surface area contributed by atoms with Crippen LogP contribution in [0, 0.1) is 0 Å². The molecule has 0 heterocycles. The third-order valence-electron chi connectivity index (χ3n) is 6.04. The molecule has 11 nitrogen and oxygen atoms in total. The second-order valence-electron chi connectivity index (χ2n) is 9.34. The van der Waals surface area contributed by atoms with Crippen LogP contribution in [-0.4, -0.2) is 93.5 Å². The maximum Gasteiger partial charge on any atom is 0.278 e. The number of carbonyl (C=O) groups is 3. The van der Waals surface area contributed by atoms with E-state index in [0.29, 0.717) is 45.7 Å². The van der Waals surface area contributed by atoms with Gasteiger partial charge < -0.3 is 38.9 Å². The van der Waals surface area contributed by atoms with Gasteiger partial charge in [-0.15, -0.1) is 0 Å². The van der Waals surface area contributed by atoms with Crippen LogP contribution in [-0.2, 0) is 14.4 Å². The number of carbonyl (C=O) groups excluding carboxylic acids is 3. The molecule has 0 aliphatic rings. The quantitative estimate of drug-likeness (QED) is 0.0654. The molecule has 206 valence electrons. The van der Waals surface area contributed by atoms with Crippen LogP contribution in [0.15, 0.2) is 0 Å². The molecule has 11 heteroatoms. The zero-order valence-corrected chi connectivity index (χ0v) is 22.4. The van der Waals surface area contributed by atoms with Gasteiger partial charge in [-0.2, -0.15) is 0 Å². The predicted octanol–water partition coefficient (Wildman–Crippen LogP) is -4.08. The van der Waals surface area contributed by atoms with Gasteiger partial charge in [0.2, 0.25) is 0 Å². The highest BCUT2D eigenvalue weighted by atomic mass is 16.2. The molecule has 2 atom stereocenters. The molecule has 0 bridgehead atoms. The number of ketones is 1. The van der Waals surface area contributed by atoms with Gasteiger partial charge >= 0.3 is 0 Å². The number of rotatable bonds is 24. The summed E-state index contributed by atoms with van der Waals surface area (Å²) in [5.41, 5.74) is 15.6. The summed E-state index contributed by atoms with van der Waals surface area (Å²) in [6.07, 6.45) is 8.05. The maximum absolute atomic E-state index is 12.3. The Bertz CT molecular complexity index is 531. The molecule has 2 unspecified atom stereocenters. The fraction of sp³-hybridized carbons (Fsp3) is 0.875. The van der Waals surface area contributed by atoms with Crippen molar-refractivity contribution in [3.05, 3.63) is 0 Å². The molecule has 0 fully saturated rings. The first kappa shape index (κ1) is 33.4. The van der Waals surface area contributed by atoms with Gasteiger partial charge in [-0.3, -0.25) is 19.3 Å². The highest BCUT2D eigenvalue weighted by molar-refractivity contribution is 5.80. The second kappa shape index (κ2) is 22.8. The Labute approximate surface area is 211 Å². The van der Waals surface area contributed by atoms with E-state index in [-0.39, 0.29) is 29.7 Å². The fourth-order valence-corrected chi connectivity index (χ4v) is 3.62. The Morgan fingerprint density at radius 2 is 1.23 bits per heavy atom. The first-order chi connectivity index (χ1) is 16.8. The van der Waals surface area contributed by atoms with Gasteiger partial charge in [0.05, 0.1) is 19.6 Å². The summed E-state index contributed by atoms with van der Waals surface area (Å²) in [5, 5.41) is 9.18.